The van der Waals surface area contributed by atoms with Crippen molar-refractivity contribution in [2.24, 2.45) is 0 Å². The zero-order valence-corrected chi connectivity index (χ0v) is 13.3. The van der Waals surface area contributed by atoms with E-state index in [1.54, 1.807) is 4.57 Å². The largest absolute Gasteiger partial charge is 0.465 e. The van der Waals surface area contributed by atoms with Gasteiger partial charge in [-0.3, -0.25) is 4.79 Å². The van der Waals surface area contributed by atoms with Gasteiger partial charge in [0.1, 0.15) is 12.2 Å². The topological polar surface area (TPSA) is 66.8 Å². The SMILES string of the molecule is CCCc1cc(=O)n2c(c1C(=O)OC)[C@@H]1OC(C)(C)O[C@@H]1C2. The Balaban J connectivity index is 2.19. The van der Waals surface area contributed by atoms with Crippen LogP contribution in [0.25, 0.3) is 0 Å². The molecular weight excluding hydrogens is 286 g/mol. The monoisotopic (exact) mass is 307 g/mol. The molecule has 1 saturated heterocycles. The maximum atomic E-state index is 12.4. The smallest absolute Gasteiger partial charge is 0.340 e. The van der Waals surface area contributed by atoms with Crippen LogP contribution in [0.4, 0.5) is 0 Å². The fourth-order valence-electron chi connectivity index (χ4n) is 3.39. The molecule has 0 amide bonds. The van der Waals surface area contributed by atoms with Crippen LogP contribution < -0.4 is 5.56 Å². The Bertz CT molecular complexity index is 676. The number of carbonyl (C=O) groups is 1. The van der Waals surface area contributed by atoms with Crippen molar-refractivity contribution in [1.29, 1.82) is 0 Å². The number of fused-ring (bicyclic) bond motifs is 3. The van der Waals surface area contributed by atoms with E-state index in [4.69, 9.17) is 14.2 Å². The third-order valence-corrected chi connectivity index (χ3v) is 4.16. The minimum atomic E-state index is -0.717. The standard InChI is InChI=1S/C16H21NO5/c1-5-6-9-7-11(18)17-8-10-14(22-16(2,3)21-10)13(17)12(9)15(19)20-4/h7,10,14H,5-6,8H2,1-4H3/t10-,14-/m1/s1. The molecule has 3 rings (SSSR count). The number of hydrogen-bond acceptors (Lipinski definition) is 5. The molecule has 0 bridgehead atoms. The summed E-state index contributed by atoms with van der Waals surface area (Å²) >= 11 is 0. The first kappa shape index (κ1) is 15.2. The van der Waals surface area contributed by atoms with Crippen LogP contribution in [0.1, 0.15) is 54.9 Å². The zero-order valence-electron chi connectivity index (χ0n) is 13.3. The first-order chi connectivity index (χ1) is 10.4. The van der Waals surface area contributed by atoms with Gasteiger partial charge in [0.2, 0.25) is 0 Å². The van der Waals surface area contributed by atoms with Crippen molar-refractivity contribution < 1.29 is 19.0 Å². The van der Waals surface area contributed by atoms with Crippen LogP contribution in [-0.4, -0.2) is 29.5 Å². The first-order valence-corrected chi connectivity index (χ1v) is 7.58. The summed E-state index contributed by atoms with van der Waals surface area (Å²) < 4.78 is 18.3. The molecular formula is C16H21NO5. The van der Waals surface area contributed by atoms with Crippen LogP contribution in [0.3, 0.4) is 0 Å². The molecule has 0 saturated carbocycles. The van der Waals surface area contributed by atoms with E-state index >= 15 is 0 Å². The number of nitrogens with zero attached hydrogens (tertiary/aromatic N) is 1. The normalized spacial score (nSPS) is 24.9. The van der Waals surface area contributed by atoms with Crippen molar-refractivity contribution in [3.8, 4) is 0 Å². The van der Waals surface area contributed by atoms with Gasteiger partial charge in [-0.1, -0.05) is 13.3 Å². The van der Waals surface area contributed by atoms with Gasteiger partial charge in [0.05, 0.1) is 24.9 Å². The Morgan fingerprint density at radius 3 is 2.82 bits per heavy atom. The number of aromatic nitrogens is 1. The molecule has 2 aliphatic heterocycles. The minimum Gasteiger partial charge on any atom is -0.465 e. The maximum Gasteiger partial charge on any atom is 0.340 e. The summed E-state index contributed by atoms with van der Waals surface area (Å²) in [4.78, 5) is 24.7. The van der Waals surface area contributed by atoms with Crippen LogP contribution in [0.15, 0.2) is 10.9 Å². The Labute approximate surface area is 129 Å². The second-order valence-electron chi connectivity index (χ2n) is 6.21. The molecule has 0 unspecified atom stereocenters. The lowest BCUT2D eigenvalue weighted by atomic mass is 9.99. The van der Waals surface area contributed by atoms with Gasteiger partial charge in [-0.25, -0.2) is 4.79 Å². The number of ether oxygens (including phenoxy) is 3. The molecule has 2 aliphatic rings. The van der Waals surface area contributed by atoms with E-state index in [-0.39, 0.29) is 11.7 Å². The zero-order chi connectivity index (χ0) is 16.1. The molecule has 0 spiro atoms. The summed E-state index contributed by atoms with van der Waals surface area (Å²) in [6.45, 7) is 6.08. The fourth-order valence-corrected chi connectivity index (χ4v) is 3.39. The maximum absolute atomic E-state index is 12.4. The van der Waals surface area contributed by atoms with Crippen molar-refractivity contribution >= 4 is 5.97 Å². The second-order valence-corrected chi connectivity index (χ2v) is 6.21. The Kier molecular flexibility index (Phi) is 3.61. The number of esters is 1. The van der Waals surface area contributed by atoms with Gasteiger partial charge in [-0.05, 0) is 25.8 Å². The summed E-state index contributed by atoms with van der Waals surface area (Å²) in [7, 11) is 1.35. The van der Waals surface area contributed by atoms with Gasteiger partial charge in [0, 0.05) is 6.07 Å². The van der Waals surface area contributed by atoms with Crippen LogP contribution in [-0.2, 0) is 27.2 Å². The van der Waals surface area contributed by atoms with Crippen LogP contribution in [0.2, 0.25) is 0 Å². The van der Waals surface area contributed by atoms with Gasteiger partial charge in [0.25, 0.3) is 5.56 Å². The van der Waals surface area contributed by atoms with Crippen molar-refractivity contribution in [3.05, 3.63) is 33.2 Å². The highest BCUT2D eigenvalue weighted by Gasteiger charge is 2.49. The summed E-state index contributed by atoms with van der Waals surface area (Å²) in [5.41, 5.74) is 1.65. The quantitative estimate of drug-likeness (QED) is 0.797. The fraction of sp³-hybridized carbons (Fsp3) is 0.625. The van der Waals surface area contributed by atoms with Gasteiger partial charge < -0.3 is 18.8 Å². The highest BCUT2D eigenvalue weighted by molar-refractivity contribution is 5.92. The minimum absolute atomic E-state index is 0.120. The van der Waals surface area contributed by atoms with E-state index in [9.17, 15) is 9.59 Å². The van der Waals surface area contributed by atoms with Crippen LogP contribution in [0.5, 0.6) is 0 Å². The first-order valence-electron chi connectivity index (χ1n) is 7.58. The van der Waals surface area contributed by atoms with E-state index in [0.717, 1.165) is 12.0 Å². The molecule has 0 radical (unpaired) electrons. The molecule has 1 aromatic heterocycles. The van der Waals surface area contributed by atoms with E-state index in [0.29, 0.717) is 24.2 Å². The molecule has 1 fully saturated rings. The molecule has 0 aromatic carbocycles. The van der Waals surface area contributed by atoms with Crippen molar-refractivity contribution in [2.75, 3.05) is 7.11 Å². The van der Waals surface area contributed by atoms with Crippen molar-refractivity contribution in [2.45, 2.75) is 58.2 Å². The van der Waals surface area contributed by atoms with E-state index < -0.39 is 17.9 Å². The lowest BCUT2D eigenvalue weighted by Gasteiger charge is -2.21. The molecule has 1 aromatic rings. The Morgan fingerprint density at radius 1 is 1.45 bits per heavy atom. The highest BCUT2D eigenvalue weighted by atomic mass is 16.8. The number of rotatable bonds is 3. The molecule has 6 heteroatoms. The highest BCUT2D eigenvalue weighted by Crippen LogP contribution is 2.44. The number of hydrogen-bond donors (Lipinski definition) is 0. The van der Waals surface area contributed by atoms with Crippen molar-refractivity contribution in [1.82, 2.24) is 4.57 Å². The van der Waals surface area contributed by atoms with Gasteiger partial charge in [-0.2, -0.15) is 0 Å². The second kappa shape index (κ2) is 5.21. The number of methoxy groups -OCH3 is 1. The number of aryl methyl sites for hydroxylation is 1. The average molecular weight is 307 g/mol. The lowest BCUT2D eigenvalue weighted by molar-refractivity contribution is -0.151. The predicted molar refractivity (Wildman–Crippen MR) is 78.8 cm³/mol. The summed E-state index contributed by atoms with van der Waals surface area (Å²) in [6, 6.07) is 1.53. The third-order valence-electron chi connectivity index (χ3n) is 4.16. The van der Waals surface area contributed by atoms with E-state index in [1.807, 2.05) is 20.8 Å². The molecule has 2 atom stereocenters. The van der Waals surface area contributed by atoms with Gasteiger partial charge in [0.15, 0.2) is 5.79 Å². The molecule has 0 aliphatic carbocycles. The van der Waals surface area contributed by atoms with Crippen molar-refractivity contribution in [3.63, 3.8) is 0 Å². The van der Waals surface area contributed by atoms with Gasteiger partial charge >= 0.3 is 5.97 Å². The third kappa shape index (κ3) is 2.27. The van der Waals surface area contributed by atoms with Gasteiger partial charge in [-0.15, -0.1) is 0 Å². The molecule has 120 valence electrons. The van der Waals surface area contributed by atoms with E-state index in [2.05, 4.69) is 0 Å². The average Bonchev–Trinajstić information content (AvgIpc) is 2.92. The Hall–Kier alpha value is -1.66. The van der Waals surface area contributed by atoms with E-state index in [1.165, 1.54) is 13.2 Å². The molecule has 0 N–H and O–H groups in total. The summed E-state index contributed by atoms with van der Waals surface area (Å²) in [5.74, 6) is -1.15. The molecule has 22 heavy (non-hydrogen) atoms. The van der Waals surface area contributed by atoms with Crippen LogP contribution >= 0.6 is 0 Å². The number of pyridine rings is 1. The predicted octanol–water partition coefficient (Wildman–Crippen LogP) is 1.79. The molecule has 6 nitrogen and oxygen atoms in total. The Morgan fingerprint density at radius 2 is 2.18 bits per heavy atom. The molecule has 3 heterocycles. The summed E-state index contributed by atoms with van der Waals surface area (Å²) in [5, 5.41) is 0. The summed E-state index contributed by atoms with van der Waals surface area (Å²) in [6.07, 6.45) is 0.829. The lowest BCUT2D eigenvalue weighted by Crippen LogP contribution is -2.29. The number of carbonyl (C=O) groups excluding carboxylic acids is 1. The van der Waals surface area contributed by atoms with Crippen LogP contribution in [0, 0.1) is 0 Å².